The van der Waals surface area contributed by atoms with Crippen LogP contribution >= 0.6 is 0 Å². The fraction of sp³-hybridized carbons (Fsp3) is 0.571. The number of aliphatic hydroxyl groups is 4. The van der Waals surface area contributed by atoms with Gasteiger partial charge in [0.25, 0.3) is 0 Å². The van der Waals surface area contributed by atoms with E-state index in [1.54, 1.807) is 0 Å². The number of rotatable bonds is 4. The Balaban J connectivity index is 1.98. The van der Waals surface area contributed by atoms with Crippen molar-refractivity contribution < 1.29 is 25.2 Å². The highest BCUT2D eigenvalue weighted by Crippen LogP contribution is 2.24. The predicted octanol–water partition coefficient (Wildman–Crippen LogP) is -0.538. The Morgan fingerprint density at radius 1 is 1.25 bits per heavy atom. The van der Waals surface area contributed by atoms with Gasteiger partial charge in [0.05, 0.1) is 13.2 Å². The summed E-state index contributed by atoms with van der Waals surface area (Å²) in [6, 6.07) is 7.65. The molecule has 0 unspecified atom stereocenters. The average Bonchev–Trinajstić information content (AvgIpc) is 2.48. The quantitative estimate of drug-likeness (QED) is 0.509. The van der Waals surface area contributed by atoms with Gasteiger partial charge in [0.1, 0.15) is 18.3 Å². The molecule has 0 saturated carbocycles. The van der Waals surface area contributed by atoms with E-state index in [9.17, 15) is 20.4 Å². The second-order valence-corrected chi connectivity index (χ2v) is 5.06. The Morgan fingerprint density at radius 3 is 2.50 bits per heavy atom. The third-order valence-electron chi connectivity index (χ3n) is 3.59. The van der Waals surface area contributed by atoms with Crippen LogP contribution in [0.1, 0.15) is 12.5 Å². The van der Waals surface area contributed by atoms with E-state index in [1.807, 2.05) is 24.3 Å². The van der Waals surface area contributed by atoms with Crippen LogP contribution in [-0.4, -0.2) is 57.7 Å². The first-order valence-corrected chi connectivity index (χ1v) is 6.69. The molecule has 0 amide bonds. The minimum absolute atomic E-state index is 0.0938. The maximum atomic E-state index is 10.2. The van der Waals surface area contributed by atoms with Crippen LogP contribution in [0.4, 0.5) is 5.69 Å². The highest BCUT2D eigenvalue weighted by atomic mass is 16.6. The monoisotopic (exact) mass is 283 g/mol. The molecule has 4 atom stereocenters. The lowest BCUT2D eigenvalue weighted by molar-refractivity contribution is -0.313. The molecule has 1 heterocycles. The second-order valence-electron chi connectivity index (χ2n) is 5.06. The molecule has 20 heavy (non-hydrogen) atoms. The molecule has 1 fully saturated rings. The van der Waals surface area contributed by atoms with Crippen LogP contribution in [0.2, 0.25) is 0 Å². The van der Waals surface area contributed by atoms with E-state index in [1.165, 1.54) is 5.56 Å². The van der Waals surface area contributed by atoms with Gasteiger partial charge in [-0.25, -0.2) is 0 Å². The van der Waals surface area contributed by atoms with Crippen molar-refractivity contribution in [2.45, 2.75) is 37.4 Å². The highest BCUT2D eigenvalue weighted by Gasteiger charge is 2.48. The molecular weight excluding hydrogens is 262 g/mol. The normalized spacial score (nSPS) is 34.0. The molecule has 0 radical (unpaired) electrons. The largest absolute Gasteiger partial charge is 0.388 e. The van der Waals surface area contributed by atoms with Gasteiger partial charge in [-0.1, -0.05) is 19.1 Å². The standard InChI is InChI=1S/C14H21NO5/c1-2-9-3-5-10(6-4-9)15-8-14(19)13(18)12(17)11(16)7-20-14/h3-6,11-13,15-19H,2,7-8H2,1H3/t11-,12-,13+,14-/m1/s1. The van der Waals surface area contributed by atoms with E-state index < -0.39 is 24.1 Å². The minimum atomic E-state index is -1.93. The molecule has 1 saturated heterocycles. The Bertz CT molecular complexity index is 438. The van der Waals surface area contributed by atoms with Gasteiger partial charge >= 0.3 is 0 Å². The van der Waals surface area contributed by atoms with Crippen LogP contribution in [0.3, 0.4) is 0 Å². The van der Waals surface area contributed by atoms with Crippen LogP contribution in [0.25, 0.3) is 0 Å². The van der Waals surface area contributed by atoms with Crippen molar-refractivity contribution in [1.29, 1.82) is 0 Å². The summed E-state index contributed by atoms with van der Waals surface area (Å²) >= 11 is 0. The minimum Gasteiger partial charge on any atom is -0.388 e. The zero-order valence-corrected chi connectivity index (χ0v) is 11.4. The second kappa shape index (κ2) is 6.07. The van der Waals surface area contributed by atoms with Crippen molar-refractivity contribution in [3.8, 4) is 0 Å². The summed E-state index contributed by atoms with van der Waals surface area (Å²) in [4.78, 5) is 0. The molecule has 5 N–H and O–H groups in total. The van der Waals surface area contributed by atoms with Gasteiger partial charge in [-0.2, -0.15) is 0 Å². The number of benzene rings is 1. The van der Waals surface area contributed by atoms with E-state index in [0.717, 1.165) is 12.1 Å². The summed E-state index contributed by atoms with van der Waals surface area (Å²) in [5.74, 6) is -1.93. The molecule has 112 valence electrons. The molecule has 1 aromatic carbocycles. The predicted molar refractivity (Wildman–Crippen MR) is 73.2 cm³/mol. The summed E-state index contributed by atoms with van der Waals surface area (Å²) in [6.07, 6.45) is -3.27. The van der Waals surface area contributed by atoms with Gasteiger partial charge in [-0.3, -0.25) is 0 Å². The lowest BCUT2D eigenvalue weighted by atomic mass is 9.97. The van der Waals surface area contributed by atoms with Crippen molar-refractivity contribution in [3.63, 3.8) is 0 Å². The molecular formula is C14H21NO5. The zero-order valence-electron chi connectivity index (χ0n) is 11.4. The van der Waals surface area contributed by atoms with Gasteiger partial charge in [0.15, 0.2) is 0 Å². The molecule has 1 aliphatic rings. The van der Waals surface area contributed by atoms with Crippen LogP contribution in [0, 0.1) is 0 Å². The van der Waals surface area contributed by atoms with E-state index in [-0.39, 0.29) is 13.2 Å². The number of aliphatic hydroxyl groups excluding tert-OH is 3. The van der Waals surface area contributed by atoms with Crippen LogP contribution < -0.4 is 5.32 Å². The average molecular weight is 283 g/mol. The number of hydrogen-bond acceptors (Lipinski definition) is 6. The van der Waals surface area contributed by atoms with Crippen LogP contribution in [-0.2, 0) is 11.2 Å². The molecule has 0 aromatic heterocycles. The van der Waals surface area contributed by atoms with Crippen molar-refractivity contribution in [2.75, 3.05) is 18.5 Å². The molecule has 0 aliphatic carbocycles. The summed E-state index contributed by atoms with van der Waals surface area (Å²) in [5, 5.41) is 41.9. The fourth-order valence-electron chi connectivity index (χ4n) is 2.13. The van der Waals surface area contributed by atoms with Crippen LogP contribution in [0.15, 0.2) is 24.3 Å². The number of hydrogen-bond donors (Lipinski definition) is 5. The third-order valence-corrected chi connectivity index (χ3v) is 3.59. The molecule has 2 rings (SSSR count). The maximum Gasteiger partial charge on any atom is 0.212 e. The highest BCUT2D eigenvalue weighted by molar-refractivity contribution is 5.44. The summed E-state index contributed by atoms with van der Waals surface area (Å²) in [6.45, 7) is 1.73. The molecule has 0 spiro atoms. The zero-order chi connectivity index (χ0) is 14.8. The molecule has 0 bridgehead atoms. The number of anilines is 1. The lowest BCUT2D eigenvalue weighted by Gasteiger charge is -2.41. The third kappa shape index (κ3) is 3.11. The van der Waals surface area contributed by atoms with E-state index in [4.69, 9.17) is 4.74 Å². The summed E-state index contributed by atoms with van der Waals surface area (Å²) in [5.41, 5.74) is 1.97. The first kappa shape index (κ1) is 15.2. The number of ether oxygens (including phenoxy) is 1. The van der Waals surface area contributed by atoms with Crippen molar-refractivity contribution >= 4 is 5.69 Å². The Kier molecular flexibility index (Phi) is 4.62. The molecule has 6 nitrogen and oxygen atoms in total. The SMILES string of the molecule is CCc1ccc(NC[C@@]2(O)OC[C@@H](O)[C@@H](O)[C@@H]2O)cc1. The smallest absolute Gasteiger partial charge is 0.212 e. The van der Waals surface area contributed by atoms with Gasteiger partial charge in [0.2, 0.25) is 5.79 Å². The first-order valence-electron chi connectivity index (χ1n) is 6.69. The van der Waals surface area contributed by atoms with E-state index >= 15 is 0 Å². The number of nitrogens with one attached hydrogen (secondary N) is 1. The lowest BCUT2D eigenvalue weighted by Crippen LogP contribution is -2.63. The Labute approximate surface area is 117 Å². The Hall–Kier alpha value is -1.18. The molecule has 6 heteroatoms. The summed E-state index contributed by atoms with van der Waals surface area (Å²) in [7, 11) is 0. The van der Waals surface area contributed by atoms with Gasteiger partial charge in [-0.15, -0.1) is 0 Å². The van der Waals surface area contributed by atoms with Gasteiger partial charge < -0.3 is 30.5 Å². The first-order chi connectivity index (χ1) is 9.46. The summed E-state index contributed by atoms with van der Waals surface area (Å²) < 4.78 is 5.06. The molecule has 1 aromatic rings. The fourth-order valence-corrected chi connectivity index (χ4v) is 2.13. The van der Waals surface area contributed by atoms with Crippen molar-refractivity contribution in [3.05, 3.63) is 29.8 Å². The maximum absolute atomic E-state index is 10.2. The Morgan fingerprint density at radius 2 is 1.90 bits per heavy atom. The van der Waals surface area contributed by atoms with E-state index in [2.05, 4.69) is 12.2 Å². The van der Waals surface area contributed by atoms with Crippen molar-refractivity contribution in [2.24, 2.45) is 0 Å². The van der Waals surface area contributed by atoms with Gasteiger partial charge in [-0.05, 0) is 24.1 Å². The topological polar surface area (TPSA) is 102 Å². The van der Waals surface area contributed by atoms with Crippen molar-refractivity contribution in [1.82, 2.24) is 0 Å². The molecule has 1 aliphatic heterocycles. The number of aryl methyl sites for hydroxylation is 1. The van der Waals surface area contributed by atoms with Gasteiger partial charge in [0, 0.05) is 5.69 Å². The van der Waals surface area contributed by atoms with Crippen LogP contribution in [0.5, 0.6) is 0 Å². The van der Waals surface area contributed by atoms with E-state index in [0.29, 0.717) is 0 Å².